The zero-order chi connectivity index (χ0) is 16.9. The van der Waals surface area contributed by atoms with Gasteiger partial charge in [-0.1, -0.05) is 11.3 Å². The van der Waals surface area contributed by atoms with Gasteiger partial charge in [-0.05, 0) is 38.1 Å². The maximum Gasteiger partial charge on any atom is 0.259 e. The first-order valence-electron chi connectivity index (χ1n) is 7.39. The van der Waals surface area contributed by atoms with Crippen molar-refractivity contribution in [1.82, 2.24) is 20.2 Å². The van der Waals surface area contributed by atoms with Gasteiger partial charge in [0.2, 0.25) is 5.13 Å². The molecule has 0 aliphatic carbocycles. The highest BCUT2D eigenvalue weighted by molar-refractivity contribution is 7.18. The van der Waals surface area contributed by atoms with Crippen molar-refractivity contribution in [2.45, 2.75) is 19.9 Å². The van der Waals surface area contributed by atoms with E-state index < -0.39 is 0 Å². The van der Waals surface area contributed by atoms with Crippen LogP contribution in [-0.2, 0) is 0 Å². The number of carbonyl (C=O) groups excluding carboxylic acids is 1. The molecule has 0 spiro atoms. The van der Waals surface area contributed by atoms with Crippen LogP contribution in [-0.4, -0.2) is 32.1 Å². The molecule has 0 saturated carbocycles. The Morgan fingerprint density at radius 1 is 1.12 bits per heavy atom. The van der Waals surface area contributed by atoms with Crippen molar-refractivity contribution in [3.63, 3.8) is 0 Å². The van der Waals surface area contributed by atoms with E-state index in [-0.39, 0.29) is 11.9 Å². The molecular weight excluding hydrogens is 324 g/mol. The van der Waals surface area contributed by atoms with Gasteiger partial charge in [0.05, 0.1) is 5.56 Å². The molecule has 0 aliphatic heterocycles. The smallest absolute Gasteiger partial charge is 0.259 e. The second-order valence-electron chi connectivity index (χ2n) is 5.33. The Hall–Kier alpha value is -2.87. The van der Waals surface area contributed by atoms with Crippen LogP contribution in [0, 0.1) is 0 Å². The number of carbonyl (C=O) groups is 1. The van der Waals surface area contributed by atoms with E-state index in [9.17, 15) is 4.79 Å². The van der Waals surface area contributed by atoms with Gasteiger partial charge in [0, 0.05) is 30.2 Å². The molecule has 7 nitrogen and oxygen atoms in total. The van der Waals surface area contributed by atoms with Crippen LogP contribution in [0.15, 0.2) is 42.9 Å². The van der Waals surface area contributed by atoms with Crippen LogP contribution < -0.4 is 10.6 Å². The van der Waals surface area contributed by atoms with Gasteiger partial charge in [-0.25, -0.2) is 4.98 Å². The van der Waals surface area contributed by atoms with E-state index in [0.29, 0.717) is 10.7 Å². The summed E-state index contributed by atoms with van der Waals surface area (Å²) in [6, 6.07) is 7.47. The highest BCUT2D eigenvalue weighted by Crippen LogP contribution is 2.25. The molecule has 0 unspecified atom stereocenters. The molecule has 24 heavy (non-hydrogen) atoms. The molecule has 2 N–H and O–H groups in total. The number of rotatable bonds is 5. The summed E-state index contributed by atoms with van der Waals surface area (Å²) in [5.74, 6) is 0.466. The van der Waals surface area contributed by atoms with Crippen molar-refractivity contribution in [2.75, 3.05) is 10.6 Å². The molecule has 0 atom stereocenters. The van der Waals surface area contributed by atoms with Crippen molar-refractivity contribution in [1.29, 1.82) is 0 Å². The maximum atomic E-state index is 12.3. The van der Waals surface area contributed by atoms with Crippen LogP contribution in [0.3, 0.4) is 0 Å². The van der Waals surface area contributed by atoms with E-state index in [4.69, 9.17) is 0 Å². The molecule has 0 aromatic carbocycles. The molecule has 0 aliphatic rings. The third kappa shape index (κ3) is 3.90. The number of anilines is 2. The van der Waals surface area contributed by atoms with Crippen LogP contribution in [0.1, 0.15) is 24.2 Å². The monoisotopic (exact) mass is 340 g/mol. The number of aromatic nitrogens is 4. The van der Waals surface area contributed by atoms with Gasteiger partial charge < -0.3 is 5.32 Å². The Labute approximate surface area is 143 Å². The molecule has 3 aromatic rings. The molecule has 1 amide bonds. The first kappa shape index (κ1) is 16.0. The lowest BCUT2D eigenvalue weighted by Crippen LogP contribution is -2.14. The summed E-state index contributed by atoms with van der Waals surface area (Å²) < 4.78 is 0. The summed E-state index contributed by atoms with van der Waals surface area (Å²) in [6.07, 6.45) is 4.91. The van der Waals surface area contributed by atoms with Crippen molar-refractivity contribution in [2.24, 2.45) is 0 Å². The van der Waals surface area contributed by atoms with Crippen molar-refractivity contribution in [3.8, 4) is 10.6 Å². The van der Waals surface area contributed by atoms with Gasteiger partial charge in [-0.2, -0.15) is 0 Å². The molecule has 3 rings (SSSR count). The van der Waals surface area contributed by atoms with Crippen LogP contribution in [0.25, 0.3) is 10.6 Å². The highest BCUT2D eigenvalue weighted by atomic mass is 32.1. The van der Waals surface area contributed by atoms with Crippen LogP contribution in [0.5, 0.6) is 0 Å². The van der Waals surface area contributed by atoms with Gasteiger partial charge in [0.15, 0.2) is 0 Å². The third-order valence-electron chi connectivity index (χ3n) is 3.03. The summed E-state index contributed by atoms with van der Waals surface area (Å²) >= 11 is 1.31. The third-order valence-corrected chi connectivity index (χ3v) is 3.92. The lowest BCUT2D eigenvalue weighted by atomic mass is 10.2. The zero-order valence-electron chi connectivity index (χ0n) is 13.2. The second-order valence-corrected chi connectivity index (χ2v) is 6.31. The predicted molar refractivity (Wildman–Crippen MR) is 94.1 cm³/mol. The van der Waals surface area contributed by atoms with E-state index in [2.05, 4.69) is 30.8 Å². The van der Waals surface area contributed by atoms with Crippen molar-refractivity contribution >= 4 is 28.2 Å². The van der Waals surface area contributed by atoms with E-state index >= 15 is 0 Å². The average Bonchev–Trinajstić information content (AvgIpc) is 3.04. The quantitative estimate of drug-likeness (QED) is 0.741. The van der Waals surface area contributed by atoms with E-state index in [1.807, 2.05) is 26.0 Å². The minimum Gasteiger partial charge on any atom is -0.368 e. The molecule has 3 aromatic heterocycles. The predicted octanol–water partition coefficient (Wildman–Crippen LogP) is 3.07. The molecule has 0 bridgehead atoms. The van der Waals surface area contributed by atoms with E-state index in [0.717, 1.165) is 16.4 Å². The first-order chi connectivity index (χ1) is 11.6. The molecule has 8 heteroatoms. The first-order valence-corrected chi connectivity index (χ1v) is 8.21. The van der Waals surface area contributed by atoms with Crippen LogP contribution >= 0.6 is 11.3 Å². The number of hydrogen-bond acceptors (Lipinski definition) is 7. The number of nitrogens with one attached hydrogen (secondary N) is 2. The molecule has 0 saturated heterocycles. The highest BCUT2D eigenvalue weighted by Gasteiger charge is 2.12. The molecular formula is C16H16N6OS. The molecule has 122 valence electrons. The Morgan fingerprint density at radius 3 is 2.58 bits per heavy atom. The minimum atomic E-state index is -0.268. The lowest BCUT2D eigenvalue weighted by Gasteiger charge is -2.08. The fraction of sp³-hybridized carbons (Fsp3) is 0.188. The fourth-order valence-electron chi connectivity index (χ4n) is 1.96. The average molecular weight is 340 g/mol. The molecule has 0 radical (unpaired) electrons. The van der Waals surface area contributed by atoms with Gasteiger partial charge in [-0.3, -0.25) is 15.1 Å². The Morgan fingerprint density at radius 2 is 1.92 bits per heavy atom. The standard InChI is InChI=1S/C16H16N6OS/c1-10(2)19-13-4-3-12(9-18-13)14(23)20-16-22-21-15(24-16)11-5-7-17-8-6-11/h3-10H,1-2H3,(H,18,19)(H,20,22,23). The fourth-order valence-corrected chi connectivity index (χ4v) is 2.71. The Balaban J connectivity index is 1.68. The van der Waals surface area contributed by atoms with Gasteiger partial charge in [0.25, 0.3) is 5.91 Å². The zero-order valence-corrected chi connectivity index (χ0v) is 14.0. The summed E-state index contributed by atoms with van der Waals surface area (Å²) in [5, 5.41) is 15.2. The minimum absolute atomic E-state index is 0.268. The normalized spacial score (nSPS) is 10.6. The summed E-state index contributed by atoms with van der Waals surface area (Å²) in [7, 11) is 0. The SMILES string of the molecule is CC(C)Nc1ccc(C(=O)Nc2nnc(-c3ccncc3)s2)cn1. The summed E-state index contributed by atoms with van der Waals surface area (Å²) in [4.78, 5) is 20.4. The van der Waals surface area contributed by atoms with Gasteiger partial charge in [-0.15, -0.1) is 10.2 Å². The van der Waals surface area contributed by atoms with E-state index in [1.54, 1.807) is 24.5 Å². The lowest BCUT2D eigenvalue weighted by molar-refractivity contribution is 0.102. The Bertz CT molecular complexity index is 816. The number of hydrogen-bond donors (Lipinski definition) is 2. The largest absolute Gasteiger partial charge is 0.368 e. The Kier molecular flexibility index (Phi) is 4.76. The second kappa shape index (κ2) is 7.14. The van der Waals surface area contributed by atoms with Gasteiger partial charge in [0.1, 0.15) is 10.8 Å². The summed E-state index contributed by atoms with van der Waals surface area (Å²) in [5.41, 5.74) is 1.37. The number of amides is 1. The van der Waals surface area contributed by atoms with Crippen LogP contribution in [0.2, 0.25) is 0 Å². The number of nitrogens with zero attached hydrogens (tertiary/aromatic N) is 4. The van der Waals surface area contributed by atoms with Crippen molar-refractivity contribution < 1.29 is 4.79 Å². The molecule has 0 fully saturated rings. The van der Waals surface area contributed by atoms with E-state index in [1.165, 1.54) is 17.5 Å². The maximum absolute atomic E-state index is 12.3. The summed E-state index contributed by atoms with van der Waals surface area (Å²) in [6.45, 7) is 4.05. The van der Waals surface area contributed by atoms with Crippen LogP contribution in [0.4, 0.5) is 10.9 Å². The molecule has 3 heterocycles. The van der Waals surface area contributed by atoms with Gasteiger partial charge >= 0.3 is 0 Å². The topological polar surface area (TPSA) is 92.7 Å². The van der Waals surface area contributed by atoms with Crippen molar-refractivity contribution in [3.05, 3.63) is 48.4 Å². The number of pyridine rings is 2.